The minimum absolute atomic E-state index is 0.143. The fourth-order valence-electron chi connectivity index (χ4n) is 2.91. The number of hydrogen-bond donors (Lipinski definition) is 2. The van der Waals surface area contributed by atoms with Gasteiger partial charge in [0.25, 0.3) is 10.0 Å². The molecule has 0 aliphatic heterocycles. The van der Waals surface area contributed by atoms with Crippen LogP contribution in [-0.4, -0.2) is 38.5 Å². The number of ether oxygens (including phenoxy) is 1. The average Bonchev–Trinajstić information content (AvgIpc) is 3.11. The van der Waals surface area contributed by atoms with Crippen molar-refractivity contribution in [2.24, 2.45) is 0 Å². The SMILES string of the molecule is CCOC(=O)C1(NC(=O)C(C)NS(=O)(=O)c2cccs2)CCCCC1. The van der Waals surface area contributed by atoms with E-state index in [9.17, 15) is 18.0 Å². The predicted molar refractivity (Wildman–Crippen MR) is 94.7 cm³/mol. The highest BCUT2D eigenvalue weighted by Crippen LogP contribution is 2.29. The van der Waals surface area contributed by atoms with Gasteiger partial charge in [-0.05, 0) is 38.1 Å². The highest BCUT2D eigenvalue weighted by molar-refractivity contribution is 7.91. The van der Waals surface area contributed by atoms with E-state index in [1.54, 1.807) is 18.4 Å². The second kappa shape index (κ2) is 8.29. The normalized spacial score (nSPS) is 18.3. The van der Waals surface area contributed by atoms with Gasteiger partial charge in [0.05, 0.1) is 12.6 Å². The maximum atomic E-state index is 12.5. The summed E-state index contributed by atoms with van der Waals surface area (Å²) >= 11 is 1.07. The highest BCUT2D eigenvalue weighted by Gasteiger charge is 2.43. The highest BCUT2D eigenvalue weighted by atomic mass is 32.2. The van der Waals surface area contributed by atoms with Gasteiger partial charge in [-0.1, -0.05) is 25.3 Å². The topological polar surface area (TPSA) is 102 Å². The third kappa shape index (κ3) is 4.80. The number of nitrogens with one attached hydrogen (secondary N) is 2. The zero-order valence-electron chi connectivity index (χ0n) is 14.4. The summed E-state index contributed by atoms with van der Waals surface area (Å²) < 4.78 is 32.1. The zero-order chi connectivity index (χ0) is 18.5. The van der Waals surface area contributed by atoms with Gasteiger partial charge in [0.15, 0.2) is 0 Å². The van der Waals surface area contributed by atoms with Gasteiger partial charge >= 0.3 is 5.97 Å². The largest absolute Gasteiger partial charge is 0.464 e. The fourth-order valence-corrected chi connectivity index (χ4v) is 5.12. The van der Waals surface area contributed by atoms with Gasteiger partial charge < -0.3 is 10.1 Å². The number of hydrogen-bond acceptors (Lipinski definition) is 6. The van der Waals surface area contributed by atoms with Crippen LogP contribution < -0.4 is 10.0 Å². The van der Waals surface area contributed by atoms with E-state index in [2.05, 4.69) is 10.0 Å². The third-order valence-electron chi connectivity index (χ3n) is 4.22. The molecule has 0 bridgehead atoms. The first-order chi connectivity index (χ1) is 11.8. The van der Waals surface area contributed by atoms with Crippen molar-refractivity contribution in [3.63, 3.8) is 0 Å². The molecule has 7 nitrogen and oxygen atoms in total. The second-order valence-corrected chi connectivity index (χ2v) is 9.02. The number of rotatable bonds is 7. The Morgan fingerprint density at radius 1 is 1.32 bits per heavy atom. The van der Waals surface area contributed by atoms with E-state index in [0.717, 1.165) is 30.6 Å². The Kier molecular flexibility index (Phi) is 6.59. The lowest BCUT2D eigenvalue weighted by Gasteiger charge is -2.36. The Morgan fingerprint density at radius 3 is 2.56 bits per heavy atom. The molecule has 1 aliphatic carbocycles. The van der Waals surface area contributed by atoms with Crippen molar-refractivity contribution in [2.75, 3.05) is 6.61 Å². The summed E-state index contributed by atoms with van der Waals surface area (Å²) in [6, 6.07) is 2.10. The molecular formula is C16H24N2O5S2. The summed E-state index contributed by atoms with van der Waals surface area (Å²) in [5, 5.41) is 4.40. The molecule has 1 amide bonds. The van der Waals surface area contributed by atoms with Gasteiger partial charge in [0.1, 0.15) is 9.75 Å². The van der Waals surface area contributed by atoms with Crippen LogP contribution in [0.4, 0.5) is 0 Å². The lowest BCUT2D eigenvalue weighted by Crippen LogP contribution is -2.60. The van der Waals surface area contributed by atoms with Gasteiger partial charge in [-0.2, -0.15) is 4.72 Å². The monoisotopic (exact) mass is 388 g/mol. The fraction of sp³-hybridized carbons (Fsp3) is 0.625. The van der Waals surface area contributed by atoms with Crippen molar-refractivity contribution in [1.29, 1.82) is 0 Å². The molecule has 0 aromatic carbocycles. The molecule has 1 saturated carbocycles. The number of carbonyl (C=O) groups is 2. The van der Waals surface area contributed by atoms with Crippen molar-refractivity contribution in [3.05, 3.63) is 17.5 Å². The van der Waals surface area contributed by atoms with Crippen molar-refractivity contribution < 1.29 is 22.7 Å². The van der Waals surface area contributed by atoms with Crippen molar-refractivity contribution in [3.8, 4) is 0 Å². The van der Waals surface area contributed by atoms with Crippen LogP contribution in [0.5, 0.6) is 0 Å². The Hall–Kier alpha value is -1.45. The molecular weight excluding hydrogens is 364 g/mol. The van der Waals surface area contributed by atoms with Crippen LogP contribution >= 0.6 is 11.3 Å². The van der Waals surface area contributed by atoms with E-state index < -0.39 is 33.5 Å². The van der Waals surface area contributed by atoms with Crippen LogP contribution in [0.3, 0.4) is 0 Å². The summed E-state index contributed by atoms with van der Waals surface area (Å²) in [6.45, 7) is 3.41. The molecule has 1 atom stereocenters. The molecule has 1 fully saturated rings. The van der Waals surface area contributed by atoms with E-state index >= 15 is 0 Å². The van der Waals surface area contributed by atoms with Gasteiger partial charge in [0.2, 0.25) is 5.91 Å². The van der Waals surface area contributed by atoms with E-state index in [-0.39, 0.29) is 10.8 Å². The molecule has 1 aromatic rings. The molecule has 1 aliphatic rings. The standard InChI is InChI=1S/C16H24N2O5S2/c1-3-23-15(20)16(9-5-4-6-10-16)17-14(19)12(2)18-25(21,22)13-8-7-11-24-13/h7-8,11-12,18H,3-6,9-10H2,1-2H3,(H,17,19). The van der Waals surface area contributed by atoms with Crippen LogP contribution in [0.25, 0.3) is 0 Å². The lowest BCUT2D eigenvalue weighted by atomic mass is 9.81. The molecule has 25 heavy (non-hydrogen) atoms. The van der Waals surface area contributed by atoms with Gasteiger partial charge in [0, 0.05) is 0 Å². The molecule has 2 rings (SSSR count). The minimum atomic E-state index is -3.76. The van der Waals surface area contributed by atoms with Crippen LogP contribution in [-0.2, 0) is 24.3 Å². The molecule has 0 radical (unpaired) electrons. The van der Waals surface area contributed by atoms with Crippen LogP contribution in [0.1, 0.15) is 46.0 Å². The van der Waals surface area contributed by atoms with E-state index in [1.807, 2.05) is 0 Å². The zero-order valence-corrected chi connectivity index (χ0v) is 16.0. The van der Waals surface area contributed by atoms with E-state index in [0.29, 0.717) is 12.8 Å². The van der Waals surface area contributed by atoms with Gasteiger partial charge in [-0.3, -0.25) is 4.79 Å². The summed E-state index contributed by atoms with van der Waals surface area (Å²) in [4.78, 5) is 24.9. The number of esters is 1. The third-order valence-corrected chi connectivity index (χ3v) is 7.16. The van der Waals surface area contributed by atoms with Crippen molar-refractivity contribution >= 4 is 33.2 Å². The first-order valence-corrected chi connectivity index (χ1v) is 10.7. The van der Waals surface area contributed by atoms with Crippen molar-refractivity contribution in [1.82, 2.24) is 10.0 Å². The molecule has 1 aromatic heterocycles. The molecule has 1 heterocycles. The van der Waals surface area contributed by atoms with Gasteiger partial charge in [-0.15, -0.1) is 11.3 Å². The first kappa shape index (κ1) is 19.9. The average molecular weight is 389 g/mol. The lowest BCUT2D eigenvalue weighted by molar-refractivity contribution is -0.155. The molecule has 2 N–H and O–H groups in total. The number of thiophene rings is 1. The summed E-state index contributed by atoms with van der Waals surface area (Å²) in [7, 11) is -3.76. The van der Waals surface area contributed by atoms with Crippen LogP contribution in [0.2, 0.25) is 0 Å². The summed E-state index contributed by atoms with van der Waals surface area (Å²) in [6.07, 6.45) is 3.63. The molecule has 1 unspecified atom stereocenters. The Labute approximate surface area is 152 Å². The summed E-state index contributed by atoms with van der Waals surface area (Å²) in [5.74, 6) is -0.980. The molecule has 0 spiro atoms. The maximum absolute atomic E-state index is 12.5. The number of sulfonamides is 1. The summed E-state index contributed by atoms with van der Waals surface area (Å²) in [5.41, 5.74) is -1.06. The maximum Gasteiger partial charge on any atom is 0.331 e. The van der Waals surface area contributed by atoms with Crippen LogP contribution in [0.15, 0.2) is 21.7 Å². The molecule has 140 valence electrons. The smallest absolute Gasteiger partial charge is 0.331 e. The Morgan fingerprint density at radius 2 is 2.00 bits per heavy atom. The second-order valence-electron chi connectivity index (χ2n) is 6.13. The van der Waals surface area contributed by atoms with E-state index in [4.69, 9.17) is 4.74 Å². The quantitative estimate of drug-likeness (QED) is 0.694. The number of amides is 1. The van der Waals surface area contributed by atoms with Crippen molar-refractivity contribution in [2.45, 2.75) is 61.7 Å². The first-order valence-electron chi connectivity index (χ1n) is 8.36. The van der Waals surface area contributed by atoms with E-state index in [1.165, 1.54) is 13.0 Å². The molecule has 9 heteroatoms. The molecule has 0 saturated heterocycles. The van der Waals surface area contributed by atoms with Crippen LogP contribution in [0, 0.1) is 0 Å². The Balaban J connectivity index is 2.08. The predicted octanol–water partition coefficient (Wildman–Crippen LogP) is 1.80. The Bertz CT molecular complexity index is 694. The van der Waals surface area contributed by atoms with Gasteiger partial charge in [-0.25, -0.2) is 13.2 Å². The minimum Gasteiger partial charge on any atom is -0.464 e. The number of carbonyl (C=O) groups excluding carboxylic acids is 2.